The average Bonchev–Trinajstić information content (AvgIpc) is 3.29. The Morgan fingerprint density at radius 2 is 1.50 bits per heavy atom. The van der Waals surface area contributed by atoms with Crippen LogP contribution >= 0.6 is 0 Å². The van der Waals surface area contributed by atoms with Gasteiger partial charge in [0.2, 0.25) is 0 Å². The van der Waals surface area contributed by atoms with Gasteiger partial charge in [0, 0.05) is 31.7 Å². The number of para-hydroxylation sites is 1. The van der Waals surface area contributed by atoms with E-state index in [1.54, 1.807) is 6.20 Å². The Kier molecular flexibility index (Phi) is 8.20. The van der Waals surface area contributed by atoms with Crippen LogP contribution in [0.5, 0.6) is 0 Å². The van der Waals surface area contributed by atoms with Gasteiger partial charge in [-0.3, -0.25) is 0 Å². The van der Waals surface area contributed by atoms with Crippen molar-refractivity contribution in [3.8, 4) is 22.5 Å². The van der Waals surface area contributed by atoms with Crippen molar-refractivity contribution in [2.24, 2.45) is 0 Å². The molecular weight excluding hydrogens is 681 g/mol. The van der Waals surface area contributed by atoms with E-state index in [1.807, 2.05) is 79.0 Å². The molecule has 36 heavy (non-hydrogen) atoms. The summed E-state index contributed by atoms with van der Waals surface area (Å²) in [5.41, 5.74) is 5.62. The second-order valence-electron chi connectivity index (χ2n) is 9.37. The predicted molar refractivity (Wildman–Crippen MR) is 147 cm³/mol. The van der Waals surface area contributed by atoms with Crippen LogP contribution in [0.2, 0.25) is 17.3 Å². The molecule has 0 bridgehead atoms. The second-order valence-corrected chi connectivity index (χ2v) is 20.0. The zero-order chi connectivity index (χ0) is 24.3. The standard InChI is InChI=1S/C17H10NO.C14H16GeN.Ir/c1-2-10-16-12(6-1)13-7-5-8-14(17(13)19-16)15-9-3-4-11-18-15;1-15(2,3)13-9-10-14(16-11-13)12-7-5-4-6-8-12;/h1-7,9-11H;4-7,9-11H,1-3H3;/q2*-1;. The maximum atomic E-state index is 5.97. The van der Waals surface area contributed by atoms with E-state index in [9.17, 15) is 0 Å². The number of rotatable bonds is 3. The first-order valence-electron chi connectivity index (χ1n) is 11.7. The molecule has 0 aliphatic carbocycles. The van der Waals surface area contributed by atoms with Gasteiger partial charge in [0.15, 0.2) is 0 Å². The first kappa shape index (κ1) is 26.0. The summed E-state index contributed by atoms with van der Waals surface area (Å²) in [5.74, 6) is 7.14. The Morgan fingerprint density at radius 3 is 2.19 bits per heavy atom. The molecule has 1 radical (unpaired) electrons. The maximum absolute atomic E-state index is 5.97. The van der Waals surface area contributed by atoms with Gasteiger partial charge >= 0.3 is 99.8 Å². The van der Waals surface area contributed by atoms with Gasteiger partial charge in [0.05, 0.1) is 5.58 Å². The topological polar surface area (TPSA) is 38.9 Å². The number of furan rings is 1. The predicted octanol–water partition coefficient (Wildman–Crippen LogP) is 7.54. The Morgan fingerprint density at radius 1 is 0.694 bits per heavy atom. The smallest absolute Gasteiger partial charge is 0.120 e. The van der Waals surface area contributed by atoms with E-state index in [2.05, 4.69) is 57.6 Å². The van der Waals surface area contributed by atoms with Crippen molar-refractivity contribution in [3.63, 3.8) is 0 Å². The van der Waals surface area contributed by atoms with Crippen LogP contribution in [-0.4, -0.2) is 23.2 Å². The van der Waals surface area contributed by atoms with Gasteiger partial charge in [0.25, 0.3) is 0 Å². The zero-order valence-electron chi connectivity index (χ0n) is 20.5. The maximum Gasteiger partial charge on any atom is 0.120 e. The molecule has 0 saturated heterocycles. The number of fused-ring (bicyclic) bond motifs is 3. The summed E-state index contributed by atoms with van der Waals surface area (Å²) in [6.45, 7) is 0. The molecule has 0 spiro atoms. The number of nitrogens with zero attached hydrogens (tertiary/aromatic N) is 2. The van der Waals surface area contributed by atoms with E-state index in [0.29, 0.717) is 0 Å². The quantitative estimate of drug-likeness (QED) is 0.141. The molecule has 0 aliphatic heterocycles. The van der Waals surface area contributed by atoms with Crippen LogP contribution in [-0.2, 0) is 20.1 Å². The minimum Gasteiger partial charge on any atom is -0.501 e. The largest absolute Gasteiger partial charge is 0.501 e. The minimum atomic E-state index is -1.72. The molecule has 181 valence electrons. The molecular formula is C31H26GeIrN2O-2. The van der Waals surface area contributed by atoms with Crippen molar-refractivity contribution >= 4 is 39.6 Å². The van der Waals surface area contributed by atoms with Crippen LogP contribution in [0.3, 0.4) is 0 Å². The van der Waals surface area contributed by atoms with E-state index in [4.69, 9.17) is 4.42 Å². The summed E-state index contributed by atoms with van der Waals surface area (Å²) in [5, 5.41) is 2.23. The molecule has 6 rings (SSSR count). The monoisotopic (exact) mass is 709 g/mol. The third kappa shape index (κ3) is 5.67. The summed E-state index contributed by atoms with van der Waals surface area (Å²) in [7, 11) is 0. The summed E-state index contributed by atoms with van der Waals surface area (Å²) in [6, 6.07) is 36.6. The van der Waals surface area contributed by atoms with Crippen LogP contribution in [0.15, 0.2) is 108 Å². The van der Waals surface area contributed by atoms with Crippen LogP contribution in [0.25, 0.3) is 44.5 Å². The van der Waals surface area contributed by atoms with E-state index in [-0.39, 0.29) is 20.1 Å². The van der Waals surface area contributed by atoms with Gasteiger partial charge in [0.1, 0.15) is 5.58 Å². The molecule has 0 saturated carbocycles. The fourth-order valence-corrected chi connectivity index (χ4v) is 6.11. The van der Waals surface area contributed by atoms with Crippen molar-refractivity contribution in [1.82, 2.24) is 9.97 Å². The molecule has 5 heteroatoms. The molecule has 0 N–H and O–H groups in total. The molecule has 3 aromatic heterocycles. The number of hydrogen-bond donors (Lipinski definition) is 0. The Bertz CT molecular complexity index is 1560. The van der Waals surface area contributed by atoms with Gasteiger partial charge in [-0.2, -0.15) is 0 Å². The van der Waals surface area contributed by atoms with Gasteiger partial charge in [-0.1, -0.05) is 41.3 Å². The molecule has 6 aromatic rings. The first-order valence-corrected chi connectivity index (χ1v) is 19.0. The number of pyridine rings is 2. The van der Waals surface area contributed by atoms with Crippen LogP contribution in [0, 0.1) is 12.1 Å². The van der Waals surface area contributed by atoms with E-state index in [0.717, 1.165) is 44.5 Å². The molecule has 0 atom stereocenters. The fraction of sp³-hybridized carbons (Fsp3) is 0.0968. The Labute approximate surface area is 228 Å². The summed E-state index contributed by atoms with van der Waals surface area (Å²) < 4.78 is 7.41. The van der Waals surface area contributed by atoms with Crippen molar-refractivity contribution in [2.45, 2.75) is 17.3 Å². The van der Waals surface area contributed by atoms with Crippen LogP contribution < -0.4 is 4.40 Å². The van der Waals surface area contributed by atoms with Gasteiger partial charge < -0.3 is 9.40 Å². The van der Waals surface area contributed by atoms with Crippen molar-refractivity contribution < 1.29 is 24.5 Å². The Balaban J connectivity index is 0.000000167. The van der Waals surface area contributed by atoms with Crippen molar-refractivity contribution in [1.29, 1.82) is 0 Å². The zero-order valence-corrected chi connectivity index (χ0v) is 24.9. The van der Waals surface area contributed by atoms with E-state index < -0.39 is 13.3 Å². The fourth-order valence-electron chi connectivity index (χ4n) is 3.94. The van der Waals surface area contributed by atoms with Crippen molar-refractivity contribution in [2.75, 3.05) is 0 Å². The third-order valence-corrected chi connectivity index (χ3v) is 10.1. The molecule has 0 fully saturated rings. The minimum absolute atomic E-state index is 0. The van der Waals surface area contributed by atoms with Crippen molar-refractivity contribution in [3.05, 3.63) is 116 Å². The van der Waals surface area contributed by atoms with Crippen LogP contribution in [0.1, 0.15) is 0 Å². The van der Waals surface area contributed by atoms with E-state index >= 15 is 0 Å². The van der Waals surface area contributed by atoms with E-state index in [1.165, 1.54) is 4.40 Å². The SMILES string of the molecule is [CH3][Ge]([CH3])([CH3])[c]1ccc(-c2[c-]cccc2)nc1.[Ir].[c-]1ccc2c(oc3ccccc32)c1-c1ccccn1. The molecule has 3 heterocycles. The molecule has 3 aromatic carbocycles. The molecule has 3 nitrogen and oxygen atoms in total. The average molecular weight is 707 g/mol. The summed E-state index contributed by atoms with van der Waals surface area (Å²) in [6.07, 6.45) is 3.82. The first-order chi connectivity index (χ1) is 17.0. The molecule has 0 amide bonds. The van der Waals surface area contributed by atoms with Gasteiger partial charge in [-0.15, -0.1) is 18.2 Å². The molecule has 0 unspecified atom stereocenters. The third-order valence-electron chi connectivity index (χ3n) is 5.87. The van der Waals surface area contributed by atoms with Gasteiger partial charge in [-0.05, 0) is 17.8 Å². The number of benzene rings is 3. The summed E-state index contributed by atoms with van der Waals surface area (Å²) >= 11 is -1.72. The second kappa shape index (κ2) is 11.3. The molecule has 0 aliphatic rings. The number of aromatic nitrogens is 2. The summed E-state index contributed by atoms with van der Waals surface area (Å²) in [4.78, 5) is 8.91. The normalized spacial score (nSPS) is 11.0. The van der Waals surface area contributed by atoms with Crippen LogP contribution in [0.4, 0.5) is 0 Å². The number of hydrogen-bond acceptors (Lipinski definition) is 3. The van der Waals surface area contributed by atoms with Gasteiger partial charge in [-0.25, -0.2) is 0 Å². The Hall–Kier alpha value is -3.05.